The van der Waals surface area contributed by atoms with Gasteiger partial charge in [-0.15, -0.1) is 0 Å². The molecule has 2 aromatic carbocycles. The average Bonchev–Trinajstić information content (AvgIpc) is 4.04. The molecule has 0 radical (unpaired) electrons. The van der Waals surface area contributed by atoms with Crippen molar-refractivity contribution in [2.75, 3.05) is 45.9 Å². The molecule has 15 nitrogen and oxygen atoms in total. The predicted octanol–water partition coefficient (Wildman–Crippen LogP) is 6.37. The number of allylic oxidation sites excluding steroid dienone is 1. The van der Waals surface area contributed by atoms with E-state index in [0.29, 0.717) is 45.4 Å². The molecule has 5 N–H and O–H groups in total. The van der Waals surface area contributed by atoms with E-state index in [1.54, 1.807) is 54.0 Å². The van der Waals surface area contributed by atoms with Crippen LogP contribution >= 0.6 is 23.6 Å². The van der Waals surface area contributed by atoms with E-state index in [1.165, 1.54) is 18.7 Å². The summed E-state index contributed by atoms with van der Waals surface area (Å²) in [5.74, 6) is -7.05. The van der Waals surface area contributed by atoms with Crippen molar-refractivity contribution in [3.05, 3.63) is 84.1 Å². The van der Waals surface area contributed by atoms with Gasteiger partial charge in [0.2, 0.25) is 23.6 Å². The van der Waals surface area contributed by atoms with Gasteiger partial charge < -0.3 is 40.1 Å². The van der Waals surface area contributed by atoms with Crippen LogP contribution in [0.25, 0.3) is 0 Å². The Labute approximate surface area is 431 Å². The topological polar surface area (TPSA) is 176 Å². The molecule has 2 fully saturated rings. The second-order valence-electron chi connectivity index (χ2n) is 17.7. The van der Waals surface area contributed by atoms with Gasteiger partial charge in [0.05, 0.1) is 30.0 Å². The SMILES string of the molecule is C=C(N(CCc1ccccc1)CC1CCCN1C(=O)C(NC(=O)C(C)NCl)C(C)OCC)C(C)(F)F.CC.C[C@H](NCl)C(=O)N[C@H](C(=O)N1CCC[C@H]1CN(CCc1ccccc1)C(=O)C(F)(F)F)[C@@H](C)O. The van der Waals surface area contributed by atoms with Crippen molar-refractivity contribution >= 4 is 53.1 Å². The van der Waals surface area contributed by atoms with E-state index in [-0.39, 0.29) is 50.2 Å². The van der Waals surface area contributed by atoms with Gasteiger partial charge in [0.25, 0.3) is 5.92 Å². The Hall–Kier alpha value is -4.60. The van der Waals surface area contributed by atoms with Crippen LogP contribution in [0.2, 0.25) is 0 Å². The largest absolute Gasteiger partial charge is 0.471 e. The van der Waals surface area contributed by atoms with E-state index in [0.717, 1.165) is 29.4 Å². The van der Waals surface area contributed by atoms with E-state index >= 15 is 0 Å². The van der Waals surface area contributed by atoms with Crippen LogP contribution in [0.5, 0.6) is 0 Å². The average molecular weight is 1070 g/mol. The number of ether oxygens (including phenoxy) is 1. The normalized spacial score (nSPS) is 18.2. The molecule has 0 aromatic heterocycles. The molecule has 5 amide bonds. The number of halogens is 7. The Kier molecular flexibility index (Phi) is 27.5. The van der Waals surface area contributed by atoms with Crippen molar-refractivity contribution in [3.63, 3.8) is 0 Å². The van der Waals surface area contributed by atoms with Crippen molar-refractivity contribution in [3.8, 4) is 0 Å². The minimum absolute atomic E-state index is 0.170. The van der Waals surface area contributed by atoms with Crippen LogP contribution in [0.1, 0.15) is 92.2 Å². The van der Waals surface area contributed by atoms with Gasteiger partial charge in [-0.25, -0.2) is 18.5 Å². The molecule has 2 aromatic rings. The molecule has 2 heterocycles. The quantitative estimate of drug-likeness (QED) is 0.0588. The van der Waals surface area contributed by atoms with Gasteiger partial charge in [-0.3, -0.25) is 24.0 Å². The number of rotatable bonds is 24. The maximum atomic E-state index is 14.3. The molecule has 2 aliphatic rings. The lowest BCUT2D eigenvalue weighted by Gasteiger charge is -2.37. The molecule has 0 aliphatic carbocycles. The van der Waals surface area contributed by atoms with Crippen LogP contribution in [0.3, 0.4) is 0 Å². The zero-order valence-corrected chi connectivity index (χ0v) is 44.1. The highest BCUT2D eigenvalue weighted by molar-refractivity contribution is 6.15. The zero-order valence-electron chi connectivity index (χ0n) is 42.6. The predicted molar refractivity (Wildman–Crippen MR) is 269 cm³/mol. The zero-order chi connectivity index (χ0) is 54.3. The van der Waals surface area contributed by atoms with Crippen LogP contribution in [0, 0.1) is 0 Å². The molecule has 0 saturated carbocycles. The molecule has 0 spiro atoms. The smallest absolute Gasteiger partial charge is 0.391 e. The van der Waals surface area contributed by atoms with Crippen LogP contribution in [0.4, 0.5) is 22.0 Å². The third-order valence-corrected chi connectivity index (χ3v) is 12.9. The third kappa shape index (κ3) is 20.0. The van der Waals surface area contributed by atoms with Gasteiger partial charge in [-0.05, 0) is 108 Å². The number of aliphatic hydroxyl groups is 1. The Bertz CT molecular complexity index is 1990. The highest BCUT2D eigenvalue weighted by Crippen LogP contribution is 2.29. The fraction of sp³-hybridized carbons (Fsp3) is 0.620. The fourth-order valence-electron chi connectivity index (χ4n) is 8.17. The molecule has 8 atom stereocenters. The number of hydrogen-bond donors (Lipinski definition) is 5. The van der Waals surface area contributed by atoms with Crippen LogP contribution in [0.15, 0.2) is 72.9 Å². The lowest BCUT2D eigenvalue weighted by molar-refractivity contribution is -0.186. The summed E-state index contributed by atoms with van der Waals surface area (Å²) in [6, 6.07) is 13.7. The summed E-state index contributed by atoms with van der Waals surface area (Å²) in [5, 5.41) is 15.3. The molecule has 4 unspecified atom stereocenters. The molecule has 406 valence electrons. The number of amides is 5. The Morgan fingerprint density at radius 2 is 1.14 bits per heavy atom. The van der Waals surface area contributed by atoms with Gasteiger partial charge >= 0.3 is 12.1 Å². The van der Waals surface area contributed by atoms with Gasteiger partial charge in [0.15, 0.2) is 0 Å². The van der Waals surface area contributed by atoms with Crippen LogP contribution in [-0.4, -0.2) is 161 Å². The third-order valence-electron chi connectivity index (χ3n) is 12.3. The van der Waals surface area contributed by atoms with Crippen LogP contribution < -0.4 is 20.3 Å². The van der Waals surface area contributed by atoms with E-state index in [9.17, 15) is 51.0 Å². The van der Waals surface area contributed by atoms with Gasteiger partial charge in [-0.1, -0.05) is 81.1 Å². The van der Waals surface area contributed by atoms with E-state index in [1.807, 2.05) is 51.1 Å². The van der Waals surface area contributed by atoms with Crippen molar-refractivity contribution in [1.82, 2.24) is 39.9 Å². The van der Waals surface area contributed by atoms with Gasteiger partial charge in [0.1, 0.15) is 12.1 Å². The first-order valence-electron chi connectivity index (χ1n) is 24.4. The second-order valence-corrected chi connectivity index (χ2v) is 18.1. The van der Waals surface area contributed by atoms with Gasteiger partial charge in [0, 0.05) is 64.9 Å². The van der Waals surface area contributed by atoms with Gasteiger partial charge in [-0.2, -0.15) is 13.2 Å². The highest BCUT2D eigenvalue weighted by Gasteiger charge is 2.45. The summed E-state index contributed by atoms with van der Waals surface area (Å²) in [6.45, 7) is 17.6. The maximum Gasteiger partial charge on any atom is 0.471 e. The number of aliphatic hydroxyl groups excluding tert-OH is 1. The summed E-state index contributed by atoms with van der Waals surface area (Å²) in [4.78, 5) is 73.4. The monoisotopic (exact) mass is 1060 g/mol. The van der Waals surface area contributed by atoms with Crippen LogP contribution in [-0.2, 0) is 41.6 Å². The Morgan fingerprint density at radius 1 is 0.736 bits per heavy atom. The van der Waals surface area contributed by atoms with E-state index < -0.39 is 78.1 Å². The number of nitrogens with one attached hydrogen (secondary N) is 4. The lowest BCUT2D eigenvalue weighted by atomic mass is 10.1. The van der Waals surface area contributed by atoms with Crippen molar-refractivity contribution < 1.29 is 55.8 Å². The summed E-state index contributed by atoms with van der Waals surface area (Å²) < 4.78 is 74.0. The Balaban J connectivity index is 0.000000478. The maximum absolute atomic E-state index is 14.3. The van der Waals surface area contributed by atoms with Crippen molar-refractivity contribution in [1.29, 1.82) is 0 Å². The molecule has 2 aliphatic heterocycles. The molecule has 4 rings (SSSR count). The molecule has 72 heavy (non-hydrogen) atoms. The number of likely N-dealkylation sites (tertiary alicyclic amines) is 2. The van der Waals surface area contributed by atoms with E-state index in [4.69, 9.17) is 28.3 Å². The highest BCUT2D eigenvalue weighted by atomic mass is 35.5. The first-order chi connectivity index (χ1) is 33.9. The minimum atomic E-state index is -5.05. The number of carbonyl (C=O) groups is 5. The Morgan fingerprint density at radius 3 is 1.53 bits per heavy atom. The summed E-state index contributed by atoms with van der Waals surface area (Å²) in [5.41, 5.74) is 1.54. The summed E-state index contributed by atoms with van der Waals surface area (Å²) in [6.07, 6.45) is -3.79. The molecule has 22 heteroatoms. The minimum Gasteiger partial charge on any atom is -0.391 e. The molecule has 0 bridgehead atoms. The number of nitrogens with zero attached hydrogens (tertiary/aromatic N) is 4. The van der Waals surface area contributed by atoms with E-state index in [2.05, 4.69) is 26.9 Å². The number of carbonyl (C=O) groups excluding carboxylic acids is 5. The van der Waals surface area contributed by atoms with Crippen molar-refractivity contribution in [2.45, 2.75) is 154 Å². The first-order valence-corrected chi connectivity index (χ1v) is 25.2. The standard InChI is InChI=1S/C26H39ClF2N4O3.C22H30ClF3N4O4.C2H6/c1-6-36-19(3)23(30-24(34)18(2)31-27)25(35)33-15-10-13-22(33)17-32(20(4)26(5,28)29)16-14-21-11-8-7-9-12-21;1-14(28-23)19(32)27-18(15(2)31)20(33)30-11-6-9-17(30)13-29(21(34)22(24,25)26)12-10-16-7-4-3-5-8-16;1-2/h7-9,11-12,18-19,22-23,31H,4,6,10,13-17H2,1-3,5H3,(H,30,34);3-5,7-8,14-15,17-18,28,31H,6,9-13H2,1-2H3,(H,27,32);1-2H3/t;14-,15+,17-,18-;/m.0./s1. The summed E-state index contributed by atoms with van der Waals surface area (Å²) >= 11 is 11.0. The summed E-state index contributed by atoms with van der Waals surface area (Å²) in [7, 11) is 0. The fourth-order valence-corrected chi connectivity index (χ4v) is 8.37. The lowest BCUT2D eigenvalue weighted by Crippen LogP contribution is -2.58. The molecular weight excluding hydrogens is 990 g/mol. The number of alkyl halides is 5. The number of hydrogen-bond acceptors (Lipinski definition) is 10. The number of benzene rings is 2. The molecule has 2 saturated heterocycles. The second kappa shape index (κ2) is 31.2. The van der Waals surface area contributed by atoms with Crippen molar-refractivity contribution in [2.24, 2.45) is 0 Å². The molecular formula is C50H75Cl2F5N8O7. The first kappa shape index (κ1) is 63.5.